The van der Waals surface area contributed by atoms with Crippen molar-refractivity contribution >= 4 is 50.3 Å². The molecule has 0 aliphatic carbocycles. The third kappa shape index (κ3) is 31.9. The zero-order valence-electron chi connectivity index (χ0n) is 35.1. The van der Waals surface area contributed by atoms with E-state index in [0.29, 0.717) is 12.8 Å². The molecule has 0 N–H and O–H groups in total. The van der Waals surface area contributed by atoms with E-state index in [0.717, 1.165) is 60.2 Å². The van der Waals surface area contributed by atoms with E-state index in [4.69, 9.17) is 12.3 Å². The van der Waals surface area contributed by atoms with Gasteiger partial charge in [-0.2, -0.15) is 0 Å². The first kappa shape index (κ1) is 52.6. The molecule has 0 aromatic carbocycles. The molecule has 6 nitrogen and oxygen atoms in total. The predicted molar refractivity (Wildman–Crippen MR) is 220 cm³/mol. The van der Waals surface area contributed by atoms with Gasteiger partial charge in [0.2, 0.25) is 0 Å². The average molecular weight is 927 g/mol. The van der Waals surface area contributed by atoms with Gasteiger partial charge in [0, 0.05) is 0 Å². The number of carbonyl (C=O) groups excluding carboxylic acids is 2. The summed E-state index contributed by atoms with van der Waals surface area (Å²) < 4.78 is 27.8. The van der Waals surface area contributed by atoms with Crippen molar-refractivity contribution in [3.8, 4) is 0 Å². The number of hydrogen-bond donors (Lipinski definition) is 0. The maximum absolute atomic E-state index is 12.8. The first-order valence-electron chi connectivity index (χ1n) is 21.8. The van der Waals surface area contributed by atoms with Gasteiger partial charge in [0.25, 0.3) is 0 Å². The normalized spacial score (nSPS) is 11.7. The molecule has 0 heterocycles. The molecule has 0 spiro atoms. The molecule has 0 bridgehead atoms. The summed E-state index contributed by atoms with van der Waals surface area (Å²) in [5.74, 6) is -0.219. The molecular formula is C42H88O6Sn2. The fraction of sp³-hybridized carbons (Fsp3) is 0.952. The minimum atomic E-state index is -3.76. The second-order valence-corrected chi connectivity index (χ2v) is 34.3. The van der Waals surface area contributed by atoms with Gasteiger partial charge >= 0.3 is 312 Å². The van der Waals surface area contributed by atoms with E-state index in [-0.39, 0.29) is 11.9 Å². The van der Waals surface area contributed by atoms with Gasteiger partial charge in [-0.3, -0.25) is 0 Å². The fourth-order valence-corrected chi connectivity index (χ4v) is 25.1. The topological polar surface area (TPSA) is 71.1 Å². The van der Waals surface area contributed by atoms with Crippen LogP contribution in [0.25, 0.3) is 0 Å². The van der Waals surface area contributed by atoms with E-state index in [9.17, 15) is 9.59 Å². The Morgan fingerprint density at radius 3 is 0.840 bits per heavy atom. The number of carbonyl (C=O) groups is 2. The van der Waals surface area contributed by atoms with Crippen molar-refractivity contribution in [2.45, 2.75) is 239 Å². The van der Waals surface area contributed by atoms with Crippen molar-refractivity contribution in [2.24, 2.45) is 0 Å². The van der Waals surface area contributed by atoms with E-state index in [1.54, 1.807) is 0 Å². The third-order valence-electron chi connectivity index (χ3n) is 9.96. The van der Waals surface area contributed by atoms with Gasteiger partial charge in [-0.15, -0.1) is 0 Å². The molecule has 0 radical (unpaired) electrons. The number of unbranched alkanes of at least 4 members (excludes halogenated alkanes) is 20. The van der Waals surface area contributed by atoms with Crippen LogP contribution in [0, 0.1) is 0 Å². The standard InChI is InChI=1S/2C12H24O2.4C4H9.2CH3O.2Sn/c2*1-2-3-4-5-6-7-8-9-10-11-12(13)14;4*1-3-4-2;2*1-2;;/h2*2-11H2,1H3,(H,13,14);4*1,3-4H2,2H3;2*1H3;;/q;;;;;;2*-1;2*+2/p-2. The summed E-state index contributed by atoms with van der Waals surface area (Å²) in [6.07, 6.45) is 32.2. The van der Waals surface area contributed by atoms with Crippen molar-refractivity contribution in [1.82, 2.24) is 0 Å². The summed E-state index contributed by atoms with van der Waals surface area (Å²) in [6.45, 7) is 13.3. The van der Waals surface area contributed by atoms with Crippen LogP contribution in [0.5, 0.6) is 0 Å². The molecule has 0 unspecified atom stereocenters. The Kier molecular flexibility index (Phi) is 41.2. The second kappa shape index (κ2) is 39.2. The van der Waals surface area contributed by atoms with Crippen LogP contribution in [-0.2, 0) is 21.9 Å². The number of hydrogen-bond acceptors (Lipinski definition) is 6. The van der Waals surface area contributed by atoms with E-state index < -0.39 is 38.4 Å². The molecule has 0 rings (SSSR count). The fourth-order valence-electron chi connectivity index (χ4n) is 6.43. The molecule has 0 atom stereocenters. The summed E-state index contributed by atoms with van der Waals surface area (Å²) in [5, 5.41) is 0. The van der Waals surface area contributed by atoms with Gasteiger partial charge in [-0.1, -0.05) is 13.8 Å². The van der Waals surface area contributed by atoms with Gasteiger partial charge in [-0.25, -0.2) is 0 Å². The first-order valence-corrected chi connectivity index (χ1v) is 34.5. The van der Waals surface area contributed by atoms with Crippen LogP contribution in [0.4, 0.5) is 0 Å². The molecule has 0 aromatic heterocycles. The zero-order valence-corrected chi connectivity index (χ0v) is 40.8. The predicted octanol–water partition coefficient (Wildman–Crippen LogP) is 14.3. The van der Waals surface area contributed by atoms with Gasteiger partial charge < -0.3 is 0 Å². The Hall–Kier alpha value is 0.457. The molecule has 0 aliphatic rings. The Bertz CT molecular complexity index is 675. The van der Waals surface area contributed by atoms with Crippen LogP contribution in [0.1, 0.15) is 221 Å². The van der Waals surface area contributed by atoms with Crippen molar-refractivity contribution < 1.29 is 21.9 Å². The van der Waals surface area contributed by atoms with Gasteiger partial charge in [0.05, 0.1) is 0 Å². The van der Waals surface area contributed by atoms with Gasteiger partial charge in [-0.05, 0) is 0 Å². The molecule has 0 aliphatic heterocycles. The molecule has 0 aromatic rings. The van der Waals surface area contributed by atoms with Crippen LogP contribution in [0.3, 0.4) is 0 Å². The Labute approximate surface area is 323 Å². The van der Waals surface area contributed by atoms with Crippen molar-refractivity contribution in [3.63, 3.8) is 0 Å². The summed E-state index contributed by atoms with van der Waals surface area (Å²) >= 11 is -6.30. The molecule has 8 heteroatoms. The van der Waals surface area contributed by atoms with Crippen LogP contribution in [-0.4, -0.2) is 64.6 Å². The van der Waals surface area contributed by atoms with Crippen LogP contribution in [0.15, 0.2) is 0 Å². The van der Waals surface area contributed by atoms with Gasteiger partial charge in [0.15, 0.2) is 0 Å². The van der Waals surface area contributed by atoms with E-state index in [1.807, 2.05) is 14.2 Å². The van der Waals surface area contributed by atoms with E-state index >= 15 is 0 Å². The van der Waals surface area contributed by atoms with E-state index in [2.05, 4.69) is 41.5 Å². The van der Waals surface area contributed by atoms with Crippen LogP contribution < -0.4 is 0 Å². The molecule has 300 valence electrons. The molecular weight excluding hydrogens is 838 g/mol. The summed E-state index contributed by atoms with van der Waals surface area (Å²) in [5.41, 5.74) is 0. The SMILES string of the molecule is CCCCCCCCCCCC(=O)[O][Sn]([CH2]CCC)([CH2]CCC)[O]C(=O)CCCCCCCCCCC.CCC[CH2][Sn]([CH2]CCC)([O]C)[O]C. The summed E-state index contributed by atoms with van der Waals surface area (Å²) in [4.78, 5) is 25.7. The molecule has 0 saturated heterocycles. The van der Waals surface area contributed by atoms with Crippen LogP contribution in [0.2, 0.25) is 17.7 Å². The first-order chi connectivity index (χ1) is 24.3. The third-order valence-corrected chi connectivity index (χ3v) is 30.4. The Morgan fingerprint density at radius 1 is 0.340 bits per heavy atom. The second-order valence-electron chi connectivity index (χ2n) is 14.7. The van der Waals surface area contributed by atoms with Crippen molar-refractivity contribution in [1.29, 1.82) is 0 Å². The molecule has 0 fully saturated rings. The van der Waals surface area contributed by atoms with E-state index in [1.165, 1.54) is 124 Å². The quantitative estimate of drug-likeness (QED) is 0.0460. The average Bonchev–Trinajstić information content (AvgIpc) is 3.12. The zero-order chi connectivity index (χ0) is 37.6. The molecule has 0 amide bonds. The molecule has 0 saturated carbocycles. The Balaban J connectivity index is 0. The molecule has 50 heavy (non-hydrogen) atoms. The number of rotatable bonds is 36. The monoisotopic (exact) mass is 928 g/mol. The van der Waals surface area contributed by atoms with Crippen molar-refractivity contribution in [2.75, 3.05) is 14.2 Å². The summed E-state index contributed by atoms with van der Waals surface area (Å²) in [7, 11) is 3.68. The van der Waals surface area contributed by atoms with Crippen LogP contribution >= 0.6 is 0 Å². The summed E-state index contributed by atoms with van der Waals surface area (Å²) in [6, 6.07) is 0. The van der Waals surface area contributed by atoms with Crippen molar-refractivity contribution in [3.05, 3.63) is 0 Å². The maximum atomic E-state index is 12.8. The Morgan fingerprint density at radius 2 is 0.580 bits per heavy atom. The minimum absolute atomic E-state index is 0.109. The van der Waals surface area contributed by atoms with Gasteiger partial charge in [0.1, 0.15) is 0 Å².